The lowest BCUT2D eigenvalue weighted by atomic mass is 9.53. The monoisotopic (exact) mass is 234 g/mol. The quantitative estimate of drug-likeness (QED) is 0.537. The van der Waals surface area contributed by atoms with Crippen LogP contribution in [0, 0.1) is 16.7 Å². The minimum Gasteiger partial charge on any atom is -0.0591 e. The summed E-state index contributed by atoms with van der Waals surface area (Å²) in [6, 6.07) is 0. The fourth-order valence-electron chi connectivity index (χ4n) is 5.33. The van der Waals surface area contributed by atoms with Crippen molar-refractivity contribution in [1.29, 1.82) is 0 Å². The molecule has 3 rings (SSSR count). The van der Waals surface area contributed by atoms with Crippen LogP contribution in [0.1, 0.15) is 90.4 Å². The van der Waals surface area contributed by atoms with Crippen molar-refractivity contribution in [3.05, 3.63) is 0 Å². The van der Waals surface area contributed by atoms with Gasteiger partial charge in [0.1, 0.15) is 0 Å². The van der Waals surface area contributed by atoms with E-state index in [-0.39, 0.29) is 0 Å². The molecule has 0 amide bonds. The van der Waals surface area contributed by atoms with Gasteiger partial charge in [-0.15, -0.1) is 0 Å². The second-order valence-electron chi connectivity index (χ2n) is 7.47. The molecular formula is C17H30. The second-order valence-corrected chi connectivity index (χ2v) is 7.47. The van der Waals surface area contributed by atoms with Crippen LogP contribution >= 0.6 is 0 Å². The second kappa shape index (κ2) is 4.59. The van der Waals surface area contributed by atoms with Gasteiger partial charge in [0.2, 0.25) is 0 Å². The zero-order valence-corrected chi connectivity index (χ0v) is 11.8. The first-order chi connectivity index (χ1) is 8.27. The molecule has 0 aromatic rings. The minimum atomic E-state index is 0.719. The first-order valence-corrected chi connectivity index (χ1v) is 8.27. The van der Waals surface area contributed by atoms with E-state index in [0.717, 1.165) is 16.7 Å². The fourth-order valence-corrected chi connectivity index (χ4v) is 5.33. The number of hydrogen-bond donors (Lipinski definition) is 0. The molecule has 3 aliphatic rings. The molecule has 3 fully saturated rings. The van der Waals surface area contributed by atoms with Crippen LogP contribution < -0.4 is 0 Å². The van der Waals surface area contributed by atoms with Gasteiger partial charge in [0.05, 0.1) is 0 Å². The van der Waals surface area contributed by atoms with Crippen LogP contribution in [0.3, 0.4) is 0 Å². The lowest BCUT2D eigenvalue weighted by molar-refractivity contribution is -0.0220. The standard InChI is InChI=1S/C17H30/c1-16(11-5-4-6-12-16)17(15-9-10-15)13-7-2-3-8-14-17/h15H,2-14H2,1H3. The van der Waals surface area contributed by atoms with Gasteiger partial charge in [-0.05, 0) is 55.3 Å². The van der Waals surface area contributed by atoms with Crippen LogP contribution in [0.4, 0.5) is 0 Å². The van der Waals surface area contributed by atoms with Crippen molar-refractivity contribution in [2.75, 3.05) is 0 Å². The zero-order chi connectivity index (χ0) is 11.8. The van der Waals surface area contributed by atoms with E-state index in [9.17, 15) is 0 Å². The zero-order valence-electron chi connectivity index (χ0n) is 11.8. The normalized spacial score (nSPS) is 33.0. The third kappa shape index (κ3) is 2.06. The summed E-state index contributed by atoms with van der Waals surface area (Å²) < 4.78 is 0. The summed E-state index contributed by atoms with van der Waals surface area (Å²) in [6.07, 6.45) is 20.0. The van der Waals surface area contributed by atoms with E-state index in [1.165, 1.54) is 44.9 Å². The predicted molar refractivity (Wildman–Crippen MR) is 74.1 cm³/mol. The lowest BCUT2D eigenvalue weighted by Gasteiger charge is -2.52. The van der Waals surface area contributed by atoms with Crippen LogP contribution in [-0.2, 0) is 0 Å². The molecule has 0 atom stereocenters. The van der Waals surface area contributed by atoms with Crippen LogP contribution in [-0.4, -0.2) is 0 Å². The molecule has 0 aliphatic heterocycles. The Balaban J connectivity index is 1.86. The summed E-state index contributed by atoms with van der Waals surface area (Å²) in [5.41, 5.74) is 1.50. The highest BCUT2D eigenvalue weighted by Gasteiger charge is 2.55. The molecule has 3 saturated carbocycles. The fraction of sp³-hybridized carbons (Fsp3) is 1.00. The molecule has 0 saturated heterocycles. The Labute approximate surface area is 108 Å². The third-order valence-corrected chi connectivity index (χ3v) is 6.51. The van der Waals surface area contributed by atoms with Crippen molar-refractivity contribution in [3.63, 3.8) is 0 Å². The third-order valence-electron chi connectivity index (χ3n) is 6.51. The summed E-state index contributed by atoms with van der Waals surface area (Å²) in [7, 11) is 0. The molecule has 98 valence electrons. The van der Waals surface area contributed by atoms with E-state index in [1.54, 1.807) is 38.5 Å². The maximum atomic E-state index is 2.68. The van der Waals surface area contributed by atoms with Crippen molar-refractivity contribution < 1.29 is 0 Å². The molecule has 3 aliphatic carbocycles. The largest absolute Gasteiger partial charge is 0.0591 e. The van der Waals surface area contributed by atoms with Crippen LogP contribution in [0.15, 0.2) is 0 Å². The van der Waals surface area contributed by atoms with Crippen molar-refractivity contribution in [2.24, 2.45) is 16.7 Å². The van der Waals surface area contributed by atoms with Gasteiger partial charge in [-0.2, -0.15) is 0 Å². The van der Waals surface area contributed by atoms with Crippen LogP contribution in [0.25, 0.3) is 0 Å². The van der Waals surface area contributed by atoms with Crippen LogP contribution in [0.5, 0.6) is 0 Å². The van der Waals surface area contributed by atoms with Gasteiger partial charge in [0, 0.05) is 0 Å². The smallest absolute Gasteiger partial charge is 0.0215 e. The average Bonchev–Trinajstić information content (AvgIpc) is 3.17. The minimum absolute atomic E-state index is 0.719. The van der Waals surface area contributed by atoms with Crippen molar-refractivity contribution >= 4 is 0 Å². The SMILES string of the molecule is CC1(C2(C3CC3)CCCCCC2)CCCCC1. The van der Waals surface area contributed by atoms with Gasteiger partial charge in [-0.25, -0.2) is 0 Å². The van der Waals surface area contributed by atoms with Gasteiger partial charge >= 0.3 is 0 Å². The molecule has 0 radical (unpaired) electrons. The topological polar surface area (TPSA) is 0 Å². The van der Waals surface area contributed by atoms with E-state index < -0.39 is 0 Å². The van der Waals surface area contributed by atoms with E-state index >= 15 is 0 Å². The van der Waals surface area contributed by atoms with Crippen LogP contribution in [0.2, 0.25) is 0 Å². The Bertz CT molecular complexity index is 247. The van der Waals surface area contributed by atoms with E-state index in [4.69, 9.17) is 0 Å². The van der Waals surface area contributed by atoms with Crippen molar-refractivity contribution in [1.82, 2.24) is 0 Å². The van der Waals surface area contributed by atoms with Gasteiger partial charge in [0.25, 0.3) is 0 Å². The van der Waals surface area contributed by atoms with E-state index in [2.05, 4.69) is 6.92 Å². The molecule has 0 spiro atoms. The van der Waals surface area contributed by atoms with Gasteiger partial charge in [-0.3, -0.25) is 0 Å². The van der Waals surface area contributed by atoms with Gasteiger partial charge < -0.3 is 0 Å². The van der Waals surface area contributed by atoms with E-state index in [1.807, 2.05) is 0 Å². The highest BCUT2D eigenvalue weighted by atomic mass is 14.6. The molecule has 0 nitrogen and oxygen atoms in total. The molecule has 0 aromatic heterocycles. The van der Waals surface area contributed by atoms with Gasteiger partial charge in [-0.1, -0.05) is 51.9 Å². The molecule has 0 heterocycles. The Morgan fingerprint density at radius 2 is 1.12 bits per heavy atom. The summed E-state index contributed by atoms with van der Waals surface area (Å²) in [5, 5.41) is 0. The maximum Gasteiger partial charge on any atom is -0.0215 e. The first kappa shape index (κ1) is 12.1. The summed E-state index contributed by atoms with van der Waals surface area (Å²) >= 11 is 0. The Morgan fingerprint density at radius 3 is 1.65 bits per heavy atom. The molecule has 0 unspecified atom stereocenters. The summed E-state index contributed by atoms with van der Waals surface area (Å²) in [6.45, 7) is 2.68. The Morgan fingerprint density at radius 1 is 0.647 bits per heavy atom. The van der Waals surface area contributed by atoms with E-state index in [0.29, 0.717) is 0 Å². The number of hydrogen-bond acceptors (Lipinski definition) is 0. The summed E-state index contributed by atoms with van der Waals surface area (Å²) in [5.74, 6) is 1.13. The van der Waals surface area contributed by atoms with Gasteiger partial charge in [0.15, 0.2) is 0 Å². The highest BCUT2D eigenvalue weighted by Crippen LogP contribution is 2.65. The Kier molecular flexibility index (Phi) is 3.26. The molecule has 0 bridgehead atoms. The molecule has 0 aromatic carbocycles. The van der Waals surface area contributed by atoms with Crippen molar-refractivity contribution in [3.8, 4) is 0 Å². The molecular weight excluding hydrogens is 204 g/mol. The Hall–Kier alpha value is 0. The maximum absolute atomic E-state index is 2.68. The average molecular weight is 234 g/mol. The lowest BCUT2D eigenvalue weighted by Crippen LogP contribution is -2.43. The molecule has 0 N–H and O–H groups in total. The molecule has 0 heteroatoms. The molecule has 17 heavy (non-hydrogen) atoms. The summed E-state index contributed by atoms with van der Waals surface area (Å²) in [4.78, 5) is 0. The van der Waals surface area contributed by atoms with Crippen molar-refractivity contribution in [2.45, 2.75) is 90.4 Å². The predicted octanol–water partition coefficient (Wildman–Crippen LogP) is 5.71. The highest BCUT2D eigenvalue weighted by molar-refractivity contribution is 5.05. The first-order valence-electron chi connectivity index (χ1n) is 8.27. The number of rotatable bonds is 2.